The van der Waals surface area contributed by atoms with E-state index in [4.69, 9.17) is 17.3 Å². The van der Waals surface area contributed by atoms with E-state index in [0.717, 1.165) is 5.56 Å². The van der Waals surface area contributed by atoms with Crippen molar-refractivity contribution in [3.63, 3.8) is 0 Å². The number of rotatable bonds is 1. The largest absolute Gasteiger partial charge is 0.394 e. The van der Waals surface area contributed by atoms with Crippen molar-refractivity contribution in [2.45, 2.75) is 0 Å². The van der Waals surface area contributed by atoms with Crippen LogP contribution in [0, 0.1) is 0 Å². The number of aromatic nitrogens is 2. The third-order valence-corrected chi connectivity index (χ3v) is 2.22. The number of halogens is 1. The monoisotopic (exact) mass is 221 g/mol. The molecule has 76 valence electrons. The first-order valence-electron chi connectivity index (χ1n) is 4.28. The van der Waals surface area contributed by atoms with Gasteiger partial charge in [0, 0.05) is 10.6 Å². The van der Waals surface area contributed by atoms with Crippen LogP contribution in [0.4, 0.5) is 5.69 Å². The number of anilines is 1. The smallest absolute Gasteiger partial charge is 0.287 e. The van der Waals surface area contributed by atoms with Crippen molar-refractivity contribution in [1.82, 2.24) is 10.2 Å². The van der Waals surface area contributed by atoms with Crippen molar-refractivity contribution in [2.24, 2.45) is 0 Å². The summed E-state index contributed by atoms with van der Waals surface area (Å²) in [5.74, 6) is 0. The molecule has 1 heterocycles. The summed E-state index contributed by atoms with van der Waals surface area (Å²) in [6.45, 7) is 0. The molecule has 15 heavy (non-hydrogen) atoms. The molecule has 0 atom stereocenters. The Bertz CT molecular complexity index is 533. The third-order valence-electron chi connectivity index (χ3n) is 1.97. The van der Waals surface area contributed by atoms with Gasteiger partial charge in [-0.05, 0) is 18.2 Å². The van der Waals surface area contributed by atoms with E-state index in [-0.39, 0.29) is 11.2 Å². The van der Waals surface area contributed by atoms with Crippen molar-refractivity contribution in [1.29, 1.82) is 0 Å². The molecule has 0 spiro atoms. The van der Waals surface area contributed by atoms with Crippen molar-refractivity contribution in [3.05, 3.63) is 45.7 Å². The van der Waals surface area contributed by atoms with Gasteiger partial charge in [0.1, 0.15) is 5.69 Å². The molecule has 3 N–H and O–H groups in total. The summed E-state index contributed by atoms with van der Waals surface area (Å²) in [5.41, 5.74) is 6.71. The van der Waals surface area contributed by atoms with Crippen LogP contribution < -0.4 is 11.3 Å². The Labute approximate surface area is 90.7 Å². The highest BCUT2D eigenvalue weighted by molar-refractivity contribution is 6.30. The zero-order valence-corrected chi connectivity index (χ0v) is 8.45. The molecule has 0 amide bonds. The number of benzene rings is 1. The van der Waals surface area contributed by atoms with Gasteiger partial charge in [0.25, 0.3) is 5.56 Å². The van der Waals surface area contributed by atoms with Crippen LogP contribution in [0.25, 0.3) is 11.3 Å². The predicted molar refractivity (Wildman–Crippen MR) is 59.7 cm³/mol. The lowest BCUT2D eigenvalue weighted by Crippen LogP contribution is -2.13. The number of H-pyrrole nitrogens is 1. The van der Waals surface area contributed by atoms with Gasteiger partial charge < -0.3 is 5.73 Å². The molecule has 2 rings (SSSR count). The van der Waals surface area contributed by atoms with Gasteiger partial charge in [-0.15, -0.1) is 0 Å². The van der Waals surface area contributed by atoms with Gasteiger partial charge in [0.15, 0.2) is 0 Å². The molecule has 0 saturated heterocycles. The molecule has 0 radical (unpaired) electrons. The van der Waals surface area contributed by atoms with Crippen molar-refractivity contribution < 1.29 is 0 Å². The minimum atomic E-state index is -0.382. The maximum atomic E-state index is 11.0. The molecule has 1 aromatic carbocycles. The van der Waals surface area contributed by atoms with E-state index in [1.807, 2.05) is 12.1 Å². The fourth-order valence-corrected chi connectivity index (χ4v) is 1.32. The first-order chi connectivity index (χ1) is 7.16. The normalized spacial score (nSPS) is 10.2. The molecule has 0 fully saturated rings. The molecular weight excluding hydrogens is 214 g/mol. The number of nitrogen functional groups attached to an aromatic ring is 1. The molecule has 4 nitrogen and oxygen atoms in total. The Hall–Kier alpha value is -1.81. The van der Waals surface area contributed by atoms with Crippen molar-refractivity contribution in [3.8, 4) is 11.3 Å². The number of aromatic amines is 1. The topological polar surface area (TPSA) is 71.8 Å². The Kier molecular flexibility index (Phi) is 2.43. The average molecular weight is 222 g/mol. The summed E-state index contributed by atoms with van der Waals surface area (Å²) >= 11 is 5.75. The number of hydrogen-bond acceptors (Lipinski definition) is 3. The minimum Gasteiger partial charge on any atom is -0.394 e. The van der Waals surface area contributed by atoms with Gasteiger partial charge in [-0.2, -0.15) is 5.10 Å². The van der Waals surface area contributed by atoms with Crippen LogP contribution in [0.2, 0.25) is 5.02 Å². The Morgan fingerprint density at radius 1 is 1.27 bits per heavy atom. The quantitative estimate of drug-likeness (QED) is 0.770. The van der Waals surface area contributed by atoms with E-state index in [1.54, 1.807) is 12.1 Å². The van der Waals surface area contributed by atoms with Crippen LogP contribution in [-0.4, -0.2) is 10.2 Å². The molecule has 0 aliphatic heterocycles. The Morgan fingerprint density at radius 3 is 2.53 bits per heavy atom. The SMILES string of the molecule is Nc1cc(-c2ccc(Cl)cc2)n[nH]c1=O. The highest BCUT2D eigenvalue weighted by Crippen LogP contribution is 2.19. The van der Waals surface area contributed by atoms with Crippen LogP contribution in [0.15, 0.2) is 35.1 Å². The van der Waals surface area contributed by atoms with Crippen LogP contribution in [0.3, 0.4) is 0 Å². The molecule has 5 heteroatoms. The van der Waals surface area contributed by atoms with Crippen LogP contribution in [0.5, 0.6) is 0 Å². The molecule has 0 saturated carbocycles. The standard InChI is InChI=1S/C10H8ClN3O/c11-7-3-1-6(2-4-7)9-5-8(12)10(15)14-13-9/h1-5H,(H2,12,13)(H,14,15). The van der Waals surface area contributed by atoms with Gasteiger partial charge in [-0.25, -0.2) is 5.10 Å². The van der Waals surface area contributed by atoms with E-state index >= 15 is 0 Å². The first-order valence-corrected chi connectivity index (χ1v) is 4.66. The summed E-state index contributed by atoms with van der Waals surface area (Å²) in [6, 6.07) is 8.65. The summed E-state index contributed by atoms with van der Waals surface area (Å²) in [4.78, 5) is 11.0. The second kappa shape index (κ2) is 3.74. The molecule has 0 unspecified atom stereocenters. The molecule has 1 aromatic heterocycles. The lowest BCUT2D eigenvalue weighted by molar-refractivity contribution is 1.000. The summed E-state index contributed by atoms with van der Waals surface area (Å²) in [7, 11) is 0. The fraction of sp³-hybridized carbons (Fsp3) is 0. The number of nitrogens with zero attached hydrogens (tertiary/aromatic N) is 1. The molecule has 0 aliphatic rings. The van der Waals surface area contributed by atoms with E-state index in [2.05, 4.69) is 10.2 Å². The maximum Gasteiger partial charge on any atom is 0.287 e. The zero-order valence-electron chi connectivity index (χ0n) is 7.70. The van der Waals surface area contributed by atoms with E-state index in [1.165, 1.54) is 6.07 Å². The molecular formula is C10H8ClN3O. The Morgan fingerprint density at radius 2 is 1.93 bits per heavy atom. The van der Waals surface area contributed by atoms with E-state index in [0.29, 0.717) is 10.7 Å². The van der Waals surface area contributed by atoms with E-state index < -0.39 is 0 Å². The van der Waals surface area contributed by atoms with Gasteiger partial charge in [0.05, 0.1) is 5.69 Å². The van der Waals surface area contributed by atoms with Crippen LogP contribution in [0.1, 0.15) is 0 Å². The van der Waals surface area contributed by atoms with Gasteiger partial charge in [0.2, 0.25) is 0 Å². The summed E-state index contributed by atoms with van der Waals surface area (Å²) in [5, 5.41) is 6.85. The van der Waals surface area contributed by atoms with E-state index in [9.17, 15) is 4.79 Å². The lowest BCUT2D eigenvalue weighted by atomic mass is 10.1. The van der Waals surface area contributed by atoms with Gasteiger partial charge in [-0.1, -0.05) is 23.7 Å². The molecule has 0 bridgehead atoms. The summed E-state index contributed by atoms with van der Waals surface area (Å²) in [6.07, 6.45) is 0. The number of nitrogens with two attached hydrogens (primary N) is 1. The van der Waals surface area contributed by atoms with Gasteiger partial charge in [-0.3, -0.25) is 4.79 Å². The second-order valence-corrected chi connectivity index (χ2v) is 3.48. The summed E-state index contributed by atoms with van der Waals surface area (Å²) < 4.78 is 0. The van der Waals surface area contributed by atoms with Crippen molar-refractivity contribution in [2.75, 3.05) is 5.73 Å². The predicted octanol–water partition coefficient (Wildman–Crippen LogP) is 1.67. The number of hydrogen-bond donors (Lipinski definition) is 2. The lowest BCUT2D eigenvalue weighted by Gasteiger charge is -2.00. The molecule has 0 aliphatic carbocycles. The zero-order chi connectivity index (χ0) is 10.8. The number of nitrogens with one attached hydrogen (secondary N) is 1. The fourth-order valence-electron chi connectivity index (χ4n) is 1.19. The average Bonchev–Trinajstić information content (AvgIpc) is 2.23. The highest BCUT2D eigenvalue weighted by Gasteiger charge is 2.02. The molecule has 2 aromatic rings. The van der Waals surface area contributed by atoms with Gasteiger partial charge >= 0.3 is 0 Å². The third kappa shape index (κ3) is 1.99. The Balaban J connectivity index is 2.50. The van der Waals surface area contributed by atoms with Crippen LogP contribution >= 0.6 is 11.6 Å². The van der Waals surface area contributed by atoms with Crippen LogP contribution in [-0.2, 0) is 0 Å². The van der Waals surface area contributed by atoms with Crippen molar-refractivity contribution >= 4 is 17.3 Å². The maximum absolute atomic E-state index is 11.0. The second-order valence-electron chi connectivity index (χ2n) is 3.04. The highest BCUT2D eigenvalue weighted by atomic mass is 35.5. The first kappa shape index (κ1) is 9.73. The minimum absolute atomic E-state index is 0.148.